The zero-order valence-corrected chi connectivity index (χ0v) is 20.7. The molecule has 2 aliphatic heterocycles. The highest BCUT2D eigenvalue weighted by molar-refractivity contribution is 5.66. The van der Waals surface area contributed by atoms with Gasteiger partial charge in [-0.05, 0) is 12.8 Å². The number of rotatable bonds is 11. The van der Waals surface area contributed by atoms with Crippen molar-refractivity contribution in [1.82, 2.24) is 0 Å². The monoisotopic (exact) mass is 478 g/mol. The van der Waals surface area contributed by atoms with Crippen molar-refractivity contribution >= 4 is 5.97 Å². The third-order valence-electron chi connectivity index (χ3n) is 7.16. The standard InChI is InChI=1S/C23H42O10/c1-15(26)31-20-10-17(9-16(27)7-8-24)33-23(30-6,21(20,2)3)13-18-11-22(28-4,29-5)12-19(14-25)32-18/h16-20,24-25,27H,7-14H2,1-6H3/t16-,17+,18-,19+,20-,23-/m0/s1. The average Bonchev–Trinajstić information content (AvgIpc) is 2.76. The van der Waals surface area contributed by atoms with Crippen molar-refractivity contribution in [2.75, 3.05) is 34.5 Å². The zero-order chi connectivity index (χ0) is 24.9. The van der Waals surface area contributed by atoms with E-state index in [1.54, 1.807) is 14.2 Å². The molecular weight excluding hydrogens is 436 g/mol. The predicted molar refractivity (Wildman–Crippen MR) is 117 cm³/mol. The number of hydrogen-bond acceptors (Lipinski definition) is 10. The van der Waals surface area contributed by atoms with Gasteiger partial charge in [0.1, 0.15) is 6.10 Å². The van der Waals surface area contributed by atoms with Gasteiger partial charge in [0, 0.05) is 60.5 Å². The Balaban J connectivity index is 2.37. The van der Waals surface area contributed by atoms with E-state index in [0.717, 1.165) is 0 Å². The lowest BCUT2D eigenvalue weighted by Gasteiger charge is -2.56. The molecule has 2 fully saturated rings. The van der Waals surface area contributed by atoms with Gasteiger partial charge in [-0.25, -0.2) is 0 Å². The predicted octanol–water partition coefficient (Wildman–Crippen LogP) is 1.13. The van der Waals surface area contributed by atoms with Crippen LogP contribution in [0.4, 0.5) is 0 Å². The summed E-state index contributed by atoms with van der Waals surface area (Å²) in [5.74, 6) is -2.57. The second-order valence-corrected chi connectivity index (χ2v) is 9.65. The van der Waals surface area contributed by atoms with Crippen LogP contribution in [0.2, 0.25) is 0 Å². The Labute approximate surface area is 196 Å². The SMILES string of the molecule is COC1(OC)C[C@H](CO)O[C@H](C[C@]2(OC)O[C@H](C[C@@H](O)CCO)C[C@H](OC(C)=O)C2(C)C)C1. The van der Waals surface area contributed by atoms with Crippen LogP contribution < -0.4 is 0 Å². The van der Waals surface area contributed by atoms with Crippen LogP contribution in [0.15, 0.2) is 0 Å². The summed E-state index contributed by atoms with van der Waals surface area (Å²) in [5, 5.41) is 29.3. The van der Waals surface area contributed by atoms with Gasteiger partial charge in [0.05, 0.1) is 36.4 Å². The van der Waals surface area contributed by atoms with E-state index < -0.39 is 53.5 Å². The molecule has 2 heterocycles. The van der Waals surface area contributed by atoms with Crippen molar-refractivity contribution in [3.8, 4) is 0 Å². The van der Waals surface area contributed by atoms with E-state index in [0.29, 0.717) is 19.3 Å². The molecule has 0 bridgehead atoms. The number of aliphatic hydroxyl groups excluding tert-OH is 3. The topological polar surface area (TPSA) is 133 Å². The number of ether oxygens (including phenoxy) is 6. The maximum atomic E-state index is 11.9. The van der Waals surface area contributed by atoms with E-state index in [1.807, 2.05) is 13.8 Å². The summed E-state index contributed by atoms with van der Waals surface area (Å²) in [5.41, 5.74) is -0.774. The molecule has 0 aromatic carbocycles. The Morgan fingerprint density at radius 2 is 1.70 bits per heavy atom. The summed E-state index contributed by atoms with van der Waals surface area (Å²) < 4.78 is 35.6. The maximum Gasteiger partial charge on any atom is 0.302 e. The first kappa shape index (κ1) is 28.4. The van der Waals surface area contributed by atoms with Gasteiger partial charge in [-0.15, -0.1) is 0 Å². The molecular formula is C23H42O10. The summed E-state index contributed by atoms with van der Waals surface area (Å²) in [4.78, 5) is 11.9. The molecule has 0 amide bonds. The minimum atomic E-state index is -1.23. The quantitative estimate of drug-likeness (QED) is 0.293. The average molecular weight is 479 g/mol. The molecule has 10 nitrogen and oxygen atoms in total. The Kier molecular flexibility index (Phi) is 10.1. The van der Waals surface area contributed by atoms with Gasteiger partial charge in [0.15, 0.2) is 11.6 Å². The highest BCUT2D eigenvalue weighted by Gasteiger charge is 2.60. The number of esters is 1. The molecule has 33 heavy (non-hydrogen) atoms. The largest absolute Gasteiger partial charge is 0.462 e. The number of methoxy groups -OCH3 is 3. The van der Waals surface area contributed by atoms with Gasteiger partial charge in [0.25, 0.3) is 0 Å². The van der Waals surface area contributed by atoms with Crippen LogP contribution in [0, 0.1) is 5.41 Å². The van der Waals surface area contributed by atoms with Gasteiger partial charge >= 0.3 is 5.97 Å². The summed E-state index contributed by atoms with van der Waals surface area (Å²) >= 11 is 0. The normalized spacial score (nSPS) is 34.6. The lowest BCUT2D eigenvalue weighted by atomic mass is 9.70. The van der Waals surface area contributed by atoms with Crippen molar-refractivity contribution < 1.29 is 48.5 Å². The lowest BCUT2D eigenvalue weighted by Crippen LogP contribution is -2.64. The first-order valence-electron chi connectivity index (χ1n) is 11.6. The van der Waals surface area contributed by atoms with Crippen LogP contribution in [-0.2, 0) is 33.2 Å². The van der Waals surface area contributed by atoms with Gasteiger partial charge < -0.3 is 43.7 Å². The molecule has 0 unspecified atom stereocenters. The second kappa shape index (κ2) is 11.7. The molecule has 2 aliphatic rings. The van der Waals surface area contributed by atoms with E-state index in [9.17, 15) is 20.1 Å². The van der Waals surface area contributed by atoms with Crippen LogP contribution in [0.1, 0.15) is 59.3 Å². The fourth-order valence-corrected chi connectivity index (χ4v) is 5.15. The molecule has 2 rings (SSSR count). The Hall–Kier alpha value is -0.850. The van der Waals surface area contributed by atoms with E-state index in [1.165, 1.54) is 14.0 Å². The fraction of sp³-hybridized carbons (Fsp3) is 0.957. The van der Waals surface area contributed by atoms with E-state index in [-0.39, 0.29) is 32.5 Å². The minimum Gasteiger partial charge on any atom is -0.462 e. The maximum absolute atomic E-state index is 11.9. The fourth-order valence-electron chi connectivity index (χ4n) is 5.15. The number of carbonyl (C=O) groups is 1. The van der Waals surface area contributed by atoms with Crippen molar-refractivity contribution in [2.45, 2.75) is 101 Å². The van der Waals surface area contributed by atoms with Gasteiger partial charge in [-0.1, -0.05) is 13.8 Å². The molecule has 10 heteroatoms. The van der Waals surface area contributed by atoms with E-state index >= 15 is 0 Å². The van der Waals surface area contributed by atoms with Crippen molar-refractivity contribution in [1.29, 1.82) is 0 Å². The highest BCUT2D eigenvalue weighted by atomic mass is 16.7. The Morgan fingerprint density at radius 3 is 2.21 bits per heavy atom. The minimum absolute atomic E-state index is 0.142. The van der Waals surface area contributed by atoms with Crippen molar-refractivity contribution in [2.24, 2.45) is 5.41 Å². The molecule has 0 saturated carbocycles. The molecule has 194 valence electrons. The molecule has 3 N–H and O–H groups in total. The van der Waals surface area contributed by atoms with Crippen LogP contribution in [0.5, 0.6) is 0 Å². The van der Waals surface area contributed by atoms with Crippen LogP contribution in [-0.4, -0.2) is 97.9 Å². The zero-order valence-electron chi connectivity index (χ0n) is 20.7. The van der Waals surface area contributed by atoms with E-state index in [2.05, 4.69) is 0 Å². The lowest BCUT2D eigenvalue weighted by molar-refractivity contribution is -0.365. The molecule has 2 saturated heterocycles. The van der Waals surface area contributed by atoms with Crippen LogP contribution in [0.3, 0.4) is 0 Å². The summed E-state index contributed by atoms with van der Waals surface area (Å²) in [6.45, 7) is 4.85. The summed E-state index contributed by atoms with van der Waals surface area (Å²) in [6, 6.07) is 0. The Bertz CT molecular complexity index is 622. The highest BCUT2D eigenvalue weighted by Crippen LogP contribution is 2.51. The molecule has 0 aliphatic carbocycles. The van der Waals surface area contributed by atoms with Gasteiger partial charge in [-0.2, -0.15) is 0 Å². The van der Waals surface area contributed by atoms with Gasteiger partial charge in [0.2, 0.25) is 0 Å². The van der Waals surface area contributed by atoms with Crippen molar-refractivity contribution in [3.05, 3.63) is 0 Å². The summed E-state index contributed by atoms with van der Waals surface area (Å²) in [7, 11) is 4.65. The second-order valence-electron chi connectivity index (χ2n) is 9.65. The molecule has 0 spiro atoms. The van der Waals surface area contributed by atoms with Crippen LogP contribution in [0.25, 0.3) is 0 Å². The van der Waals surface area contributed by atoms with Crippen molar-refractivity contribution in [3.63, 3.8) is 0 Å². The number of aliphatic hydroxyl groups is 3. The Morgan fingerprint density at radius 1 is 1.06 bits per heavy atom. The number of hydrogen-bond donors (Lipinski definition) is 3. The third-order valence-corrected chi connectivity index (χ3v) is 7.16. The molecule has 0 radical (unpaired) electrons. The van der Waals surface area contributed by atoms with Crippen LogP contribution >= 0.6 is 0 Å². The third kappa shape index (κ3) is 6.43. The van der Waals surface area contributed by atoms with Gasteiger partial charge in [-0.3, -0.25) is 4.79 Å². The summed E-state index contributed by atoms with van der Waals surface area (Å²) in [6.07, 6.45) is -0.854. The smallest absolute Gasteiger partial charge is 0.302 e. The first-order valence-corrected chi connectivity index (χ1v) is 11.6. The van der Waals surface area contributed by atoms with E-state index in [4.69, 9.17) is 28.4 Å². The molecule has 0 aromatic rings. The molecule has 0 aromatic heterocycles. The molecule has 6 atom stereocenters. The number of carbonyl (C=O) groups excluding carboxylic acids is 1. The first-order chi connectivity index (χ1) is 15.5.